The van der Waals surface area contributed by atoms with E-state index in [0.717, 1.165) is 16.7 Å². The maximum Gasteiger partial charge on any atom is 0.408 e. The van der Waals surface area contributed by atoms with Crippen molar-refractivity contribution in [2.45, 2.75) is 57.0 Å². The van der Waals surface area contributed by atoms with Crippen molar-refractivity contribution in [1.29, 1.82) is 0 Å². The van der Waals surface area contributed by atoms with Crippen LogP contribution in [-0.2, 0) is 43.3 Å². The minimum Gasteiger partial charge on any atom is -0.497 e. The Morgan fingerprint density at radius 2 is 1.30 bits per heavy atom. The number of hydrogen-bond donors (Lipinski definition) is 3. The molecule has 0 radical (unpaired) electrons. The number of ether oxygens (including phenoxy) is 3. The zero-order chi connectivity index (χ0) is 30.8. The minimum atomic E-state index is -1.05. The smallest absolute Gasteiger partial charge is 0.408 e. The average molecular weight is 588 g/mol. The second-order valence-corrected chi connectivity index (χ2v) is 10.7. The third kappa shape index (κ3) is 9.14. The summed E-state index contributed by atoms with van der Waals surface area (Å²) in [5.41, 5.74) is 1.47. The van der Waals surface area contributed by atoms with Crippen LogP contribution in [0.25, 0.3) is 0 Å². The molecule has 3 amide bonds. The van der Waals surface area contributed by atoms with E-state index in [-0.39, 0.29) is 31.8 Å². The van der Waals surface area contributed by atoms with Crippen LogP contribution in [0.5, 0.6) is 5.75 Å². The number of methoxy groups -OCH3 is 1. The van der Waals surface area contributed by atoms with Gasteiger partial charge < -0.3 is 30.2 Å². The molecule has 10 heteroatoms. The van der Waals surface area contributed by atoms with Crippen LogP contribution < -0.4 is 20.7 Å². The van der Waals surface area contributed by atoms with Gasteiger partial charge in [0.15, 0.2) is 5.78 Å². The van der Waals surface area contributed by atoms with E-state index in [1.165, 1.54) is 6.92 Å². The standard InChI is InChI=1S/C33H37N3O7/c1-22(34-32(40)42-20-25-12-8-5-9-13-25)30(38)36-28(19-24-14-16-26(41-3)17-15-24)31(39)35-27(29(37)33(2)21-43-33)18-23-10-6-4-7-11-23/h4-17,22,27-28H,18-21H2,1-3H3,(H,34,40)(H,35,39)(H,36,38)/t22-,27+,28+,33?/m1/s1. The Labute approximate surface area is 251 Å². The normalized spacial score (nSPS) is 17.5. The summed E-state index contributed by atoms with van der Waals surface area (Å²) in [6.07, 6.45) is -0.375. The number of ketones is 1. The van der Waals surface area contributed by atoms with Crippen LogP contribution in [0.3, 0.4) is 0 Å². The van der Waals surface area contributed by atoms with Gasteiger partial charge in [0.25, 0.3) is 0 Å². The largest absolute Gasteiger partial charge is 0.497 e. The van der Waals surface area contributed by atoms with Crippen LogP contribution in [0.2, 0.25) is 0 Å². The van der Waals surface area contributed by atoms with Gasteiger partial charge in [0.2, 0.25) is 11.8 Å². The van der Waals surface area contributed by atoms with Crippen LogP contribution in [0, 0.1) is 0 Å². The molecule has 4 rings (SSSR count). The summed E-state index contributed by atoms with van der Waals surface area (Å²) < 4.78 is 15.8. The van der Waals surface area contributed by atoms with E-state index in [1.807, 2.05) is 60.7 Å². The molecule has 3 aromatic carbocycles. The Hall–Kier alpha value is -4.70. The summed E-state index contributed by atoms with van der Waals surface area (Å²) in [6.45, 7) is 3.51. The van der Waals surface area contributed by atoms with Gasteiger partial charge in [-0.1, -0.05) is 72.8 Å². The number of nitrogens with one attached hydrogen (secondary N) is 3. The van der Waals surface area contributed by atoms with Gasteiger partial charge in [0, 0.05) is 6.42 Å². The maximum absolute atomic E-state index is 13.7. The van der Waals surface area contributed by atoms with Crippen molar-refractivity contribution in [2.24, 2.45) is 0 Å². The van der Waals surface area contributed by atoms with E-state index in [4.69, 9.17) is 14.2 Å². The first kappa shape index (κ1) is 31.2. The lowest BCUT2D eigenvalue weighted by Gasteiger charge is -2.25. The van der Waals surface area contributed by atoms with Crippen molar-refractivity contribution in [3.05, 3.63) is 102 Å². The number of carbonyl (C=O) groups excluding carboxylic acids is 4. The van der Waals surface area contributed by atoms with Crippen LogP contribution in [0.1, 0.15) is 30.5 Å². The second kappa shape index (κ2) is 14.5. The lowest BCUT2D eigenvalue weighted by atomic mass is 9.94. The summed E-state index contributed by atoms with van der Waals surface area (Å²) in [4.78, 5) is 52.6. The average Bonchev–Trinajstić information content (AvgIpc) is 3.78. The van der Waals surface area contributed by atoms with Gasteiger partial charge in [-0.25, -0.2) is 4.79 Å². The van der Waals surface area contributed by atoms with Crippen molar-refractivity contribution in [3.8, 4) is 5.75 Å². The zero-order valence-electron chi connectivity index (χ0n) is 24.5. The zero-order valence-corrected chi connectivity index (χ0v) is 24.5. The summed E-state index contributed by atoms with van der Waals surface area (Å²) >= 11 is 0. The van der Waals surface area contributed by atoms with E-state index in [9.17, 15) is 19.2 Å². The summed E-state index contributed by atoms with van der Waals surface area (Å²) in [5.74, 6) is -0.724. The molecular weight excluding hydrogens is 550 g/mol. The van der Waals surface area contributed by atoms with Crippen LogP contribution in [0.4, 0.5) is 4.79 Å². The Morgan fingerprint density at radius 3 is 1.88 bits per heavy atom. The maximum atomic E-state index is 13.7. The number of epoxide rings is 1. The third-order valence-corrected chi connectivity index (χ3v) is 7.19. The molecule has 10 nitrogen and oxygen atoms in total. The predicted molar refractivity (Wildman–Crippen MR) is 159 cm³/mol. The van der Waals surface area contributed by atoms with E-state index < -0.39 is 41.6 Å². The highest BCUT2D eigenvalue weighted by Gasteiger charge is 2.50. The van der Waals surface area contributed by atoms with Gasteiger partial charge in [0.1, 0.15) is 30.0 Å². The number of hydrogen-bond acceptors (Lipinski definition) is 7. The predicted octanol–water partition coefficient (Wildman–Crippen LogP) is 3.12. The van der Waals surface area contributed by atoms with Crippen LogP contribution in [0.15, 0.2) is 84.9 Å². The van der Waals surface area contributed by atoms with Crippen molar-refractivity contribution in [2.75, 3.05) is 13.7 Å². The molecule has 1 fully saturated rings. The van der Waals surface area contributed by atoms with E-state index >= 15 is 0 Å². The lowest BCUT2D eigenvalue weighted by Crippen LogP contribution is -2.57. The molecule has 43 heavy (non-hydrogen) atoms. The number of carbonyl (C=O) groups is 4. The summed E-state index contributed by atoms with van der Waals surface area (Å²) in [6, 6.07) is 22.7. The van der Waals surface area contributed by atoms with Gasteiger partial charge in [-0.05, 0) is 49.1 Å². The Balaban J connectivity index is 1.45. The fourth-order valence-corrected chi connectivity index (χ4v) is 4.46. The molecule has 4 atom stereocenters. The first-order valence-electron chi connectivity index (χ1n) is 14.1. The topological polar surface area (TPSA) is 135 Å². The number of benzene rings is 3. The highest BCUT2D eigenvalue weighted by Crippen LogP contribution is 2.29. The lowest BCUT2D eigenvalue weighted by molar-refractivity contribution is -0.133. The minimum absolute atomic E-state index is 0.0446. The second-order valence-electron chi connectivity index (χ2n) is 10.7. The van der Waals surface area contributed by atoms with Crippen LogP contribution >= 0.6 is 0 Å². The van der Waals surface area contributed by atoms with Crippen LogP contribution in [-0.4, -0.2) is 61.1 Å². The number of alkyl carbamates (subject to hydrolysis) is 1. The monoisotopic (exact) mass is 587 g/mol. The number of rotatable bonds is 14. The first-order chi connectivity index (χ1) is 20.7. The molecule has 1 unspecified atom stereocenters. The summed E-state index contributed by atoms with van der Waals surface area (Å²) in [7, 11) is 1.55. The molecule has 1 aliphatic rings. The highest BCUT2D eigenvalue weighted by atomic mass is 16.6. The van der Waals surface area contributed by atoms with Crippen molar-refractivity contribution in [3.63, 3.8) is 0 Å². The molecule has 0 saturated carbocycles. The third-order valence-electron chi connectivity index (χ3n) is 7.19. The molecular formula is C33H37N3O7. The highest BCUT2D eigenvalue weighted by molar-refractivity contribution is 5.98. The van der Waals surface area contributed by atoms with Gasteiger partial charge in [0.05, 0.1) is 19.8 Å². The molecule has 0 spiro atoms. The molecule has 1 heterocycles. The Morgan fingerprint density at radius 1 is 0.767 bits per heavy atom. The van der Waals surface area contributed by atoms with E-state index in [1.54, 1.807) is 38.3 Å². The first-order valence-corrected chi connectivity index (χ1v) is 14.1. The fraction of sp³-hybridized carbons (Fsp3) is 0.333. The Kier molecular flexibility index (Phi) is 10.5. The fourth-order valence-electron chi connectivity index (χ4n) is 4.46. The molecule has 1 aliphatic heterocycles. The van der Waals surface area contributed by atoms with Crippen molar-refractivity contribution in [1.82, 2.24) is 16.0 Å². The van der Waals surface area contributed by atoms with Crippen molar-refractivity contribution >= 4 is 23.7 Å². The molecule has 1 saturated heterocycles. The van der Waals surface area contributed by atoms with Crippen molar-refractivity contribution < 1.29 is 33.4 Å². The number of Topliss-reactive ketones (excluding diaryl/α,β-unsaturated/α-hetero) is 1. The van der Waals surface area contributed by atoms with E-state index in [2.05, 4.69) is 16.0 Å². The van der Waals surface area contributed by atoms with E-state index in [0.29, 0.717) is 5.75 Å². The molecule has 0 aromatic heterocycles. The number of amides is 3. The van der Waals surface area contributed by atoms with Gasteiger partial charge in [-0.3, -0.25) is 14.4 Å². The summed E-state index contributed by atoms with van der Waals surface area (Å²) in [5, 5.41) is 8.10. The molecule has 3 N–H and O–H groups in total. The SMILES string of the molecule is COc1ccc(C[C@H](NC(=O)[C@@H](C)NC(=O)OCc2ccccc2)C(=O)N[C@@H](Cc2ccccc2)C(=O)C2(C)CO2)cc1. The molecule has 0 aliphatic carbocycles. The Bertz CT molecular complexity index is 1390. The van der Waals surface area contributed by atoms with Gasteiger partial charge >= 0.3 is 6.09 Å². The van der Waals surface area contributed by atoms with Gasteiger partial charge in [-0.2, -0.15) is 0 Å². The molecule has 0 bridgehead atoms. The molecule has 226 valence electrons. The molecule has 3 aromatic rings. The quantitative estimate of drug-likeness (QED) is 0.247. The van der Waals surface area contributed by atoms with Gasteiger partial charge in [-0.15, -0.1) is 0 Å².